The average Bonchev–Trinajstić information content (AvgIpc) is 2.54. The Bertz CT molecular complexity index is 624. The predicted molar refractivity (Wildman–Crippen MR) is 88.2 cm³/mol. The summed E-state index contributed by atoms with van der Waals surface area (Å²) >= 11 is 0. The number of aliphatic hydroxyl groups is 1. The first-order valence-electron chi connectivity index (χ1n) is 7.84. The topological polar surface area (TPSA) is 57.6 Å². The first-order chi connectivity index (χ1) is 10.7. The molecule has 5 nitrogen and oxygen atoms in total. The van der Waals surface area contributed by atoms with Crippen LogP contribution >= 0.6 is 0 Å². The fourth-order valence-corrected chi connectivity index (χ4v) is 2.74. The van der Waals surface area contributed by atoms with Crippen LogP contribution in [0.4, 0.5) is 5.82 Å². The Morgan fingerprint density at radius 2 is 2.09 bits per heavy atom. The van der Waals surface area contributed by atoms with Crippen LogP contribution in [-0.2, 0) is 11.3 Å². The normalized spacial score (nSPS) is 16.9. The number of morpholine rings is 1. The van der Waals surface area contributed by atoms with Crippen LogP contribution in [0.2, 0.25) is 0 Å². The van der Waals surface area contributed by atoms with Gasteiger partial charge in [-0.15, -0.1) is 0 Å². The number of aliphatic hydroxyl groups excluding tert-OH is 1. The highest BCUT2D eigenvalue weighted by molar-refractivity contribution is 5.81. The van der Waals surface area contributed by atoms with Crippen molar-refractivity contribution in [3.05, 3.63) is 35.9 Å². The highest BCUT2D eigenvalue weighted by Crippen LogP contribution is 2.24. The molecule has 0 saturated carbocycles. The number of nitrogens with zero attached hydrogens (tertiary/aromatic N) is 2. The van der Waals surface area contributed by atoms with Gasteiger partial charge in [-0.2, -0.15) is 0 Å². The van der Waals surface area contributed by atoms with Gasteiger partial charge >= 0.3 is 0 Å². The smallest absolute Gasteiger partial charge is 0.133 e. The molecule has 22 heavy (non-hydrogen) atoms. The van der Waals surface area contributed by atoms with Crippen molar-refractivity contribution in [3.63, 3.8) is 0 Å². The van der Waals surface area contributed by atoms with Crippen molar-refractivity contribution < 1.29 is 9.84 Å². The van der Waals surface area contributed by atoms with Gasteiger partial charge in [0.05, 0.1) is 24.8 Å². The standard InChI is InChI=1S/C17H23N3O2/c1-13(21)11-18-12-15-10-14-4-2-3-5-16(14)19-17(15)20-6-8-22-9-7-20/h2-5,10,13,18,21H,6-9,11-12H2,1H3/t13-/m0/s1. The molecule has 1 fully saturated rings. The number of anilines is 1. The molecule has 118 valence electrons. The summed E-state index contributed by atoms with van der Waals surface area (Å²) in [5, 5.41) is 13.9. The fraction of sp³-hybridized carbons (Fsp3) is 0.471. The first-order valence-corrected chi connectivity index (χ1v) is 7.84. The second kappa shape index (κ2) is 7.05. The summed E-state index contributed by atoms with van der Waals surface area (Å²) in [7, 11) is 0. The van der Waals surface area contributed by atoms with E-state index in [2.05, 4.69) is 22.3 Å². The quantitative estimate of drug-likeness (QED) is 0.877. The number of rotatable bonds is 5. The van der Waals surface area contributed by atoms with E-state index in [9.17, 15) is 5.11 Å². The van der Waals surface area contributed by atoms with E-state index in [0.29, 0.717) is 13.1 Å². The molecule has 1 atom stereocenters. The summed E-state index contributed by atoms with van der Waals surface area (Å²) in [6, 6.07) is 10.4. The van der Waals surface area contributed by atoms with Gasteiger partial charge in [0.25, 0.3) is 0 Å². The molecule has 1 aliphatic rings. The lowest BCUT2D eigenvalue weighted by Gasteiger charge is -2.30. The van der Waals surface area contributed by atoms with Crippen LogP contribution in [0, 0.1) is 0 Å². The van der Waals surface area contributed by atoms with Crippen LogP contribution in [0.15, 0.2) is 30.3 Å². The first kappa shape index (κ1) is 15.2. The van der Waals surface area contributed by atoms with E-state index in [1.807, 2.05) is 18.2 Å². The lowest BCUT2D eigenvalue weighted by molar-refractivity contribution is 0.122. The van der Waals surface area contributed by atoms with Crippen LogP contribution in [0.1, 0.15) is 12.5 Å². The van der Waals surface area contributed by atoms with Gasteiger partial charge in [0.2, 0.25) is 0 Å². The molecule has 2 N–H and O–H groups in total. The summed E-state index contributed by atoms with van der Waals surface area (Å²) < 4.78 is 5.44. The maximum Gasteiger partial charge on any atom is 0.133 e. The number of nitrogens with one attached hydrogen (secondary N) is 1. The van der Waals surface area contributed by atoms with E-state index in [-0.39, 0.29) is 6.10 Å². The Morgan fingerprint density at radius 3 is 2.86 bits per heavy atom. The molecule has 1 saturated heterocycles. The number of aromatic nitrogens is 1. The van der Waals surface area contributed by atoms with Gasteiger partial charge in [0.1, 0.15) is 5.82 Å². The lowest BCUT2D eigenvalue weighted by atomic mass is 10.1. The SMILES string of the molecule is C[C@H](O)CNCc1cc2ccccc2nc1N1CCOCC1. The van der Waals surface area contributed by atoms with E-state index < -0.39 is 0 Å². The number of benzene rings is 1. The maximum atomic E-state index is 9.42. The van der Waals surface area contributed by atoms with Crippen molar-refractivity contribution in [2.24, 2.45) is 0 Å². The van der Waals surface area contributed by atoms with E-state index in [0.717, 1.165) is 43.0 Å². The third-order valence-electron chi connectivity index (χ3n) is 3.85. The van der Waals surface area contributed by atoms with Gasteiger partial charge in [0.15, 0.2) is 0 Å². The molecule has 0 amide bonds. The Balaban J connectivity index is 1.90. The largest absolute Gasteiger partial charge is 0.392 e. The third kappa shape index (κ3) is 3.55. The van der Waals surface area contributed by atoms with Gasteiger partial charge in [-0.05, 0) is 19.1 Å². The summed E-state index contributed by atoms with van der Waals surface area (Å²) in [4.78, 5) is 7.15. The van der Waals surface area contributed by atoms with Crippen molar-refractivity contribution >= 4 is 16.7 Å². The van der Waals surface area contributed by atoms with Crippen LogP contribution in [0.3, 0.4) is 0 Å². The molecule has 5 heteroatoms. The van der Waals surface area contributed by atoms with Crippen LogP contribution in [-0.4, -0.2) is 49.0 Å². The summed E-state index contributed by atoms with van der Waals surface area (Å²) in [5.41, 5.74) is 2.18. The minimum Gasteiger partial charge on any atom is -0.392 e. The molecule has 0 bridgehead atoms. The average molecular weight is 301 g/mol. The van der Waals surface area contributed by atoms with Gasteiger partial charge < -0.3 is 20.1 Å². The van der Waals surface area contributed by atoms with Crippen LogP contribution in [0.25, 0.3) is 10.9 Å². The molecule has 3 rings (SSSR count). The highest BCUT2D eigenvalue weighted by Gasteiger charge is 2.17. The van der Waals surface area contributed by atoms with Crippen molar-refractivity contribution in [2.75, 3.05) is 37.7 Å². The number of hydrogen-bond donors (Lipinski definition) is 2. The molecular formula is C17H23N3O2. The van der Waals surface area contributed by atoms with Crippen molar-refractivity contribution in [1.29, 1.82) is 0 Å². The van der Waals surface area contributed by atoms with Crippen molar-refractivity contribution in [1.82, 2.24) is 10.3 Å². The van der Waals surface area contributed by atoms with Gasteiger partial charge in [-0.25, -0.2) is 4.98 Å². The van der Waals surface area contributed by atoms with E-state index in [1.165, 1.54) is 5.56 Å². The molecule has 0 radical (unpaired) electrons. The molecule has 0 unspecified atom stereocenters. The zero-order valence-corrected chi connectivity index (χ0v) is 13.0. The van der Waals surface area contributed by atoms with E-state index in [1.54, 1.807) is 6.92 Å². The number of para-hydroxylation sites is 1. The molecular weight excluding hydrogens is 278 g/mol. The molecule has 1 aliphatic heterocycles. The molecule has 0 spiro atoms. The summed E-state index contributed by atoms with van der Waals surface area (Å²) in [5.74, 6) is 1.03. The van der Waals surface area contributed by atoms with Crippen LogP contribution in [0.5, 0.6) is 0 Å². The molecule has 2 heterocycles. The van der Waals surface area contributed by atoms with Crippen molar-refractivity contribution in [3.8, 4) is 0 Å². The second-order valence-corrected chi connectivity index (χ2v) is 5.74. The number of ether oxygens (including phenoxy) is 1. The lowest BCUT2D eigenvalue weighted by Crippen LogP contribution is -2.38. The molecule has 1 aromatic carbocycles. The minimum absolute atomic E-state index is 0.347. The Morgan fingerprint density at radius 1 is 1.32 bits per heavy atom. The molecule has 0 aliphatic carbocycles. The summed E-state index contributed by atoms with van der Waals surface area (Å²) in [6.07, 6.45) is -0.347. The zero-order chi connectivity index (χ0) is 15.4. The Hall–Kier alpha value is -1.69. The van der Waals surface area contributed by atoms with Crippen molar-refractivity contribution in [2.45, 2.75) is 19.6 Å². The zero-order valence-electron chi connectivity index (χ0n) is 13.0. The van der Waals surface area contributed by atoms with Gasteiger partial charge in [-0.3, -0.25) is 0 Å². The second-order valence-electron chi connectivity index (χ2n) is 5.74. The highest BCUT2D eigenvalue weighted by atomic mass is 16.5. The minimum atomic E-state index is -0.347. The Kier molecular flexibility index (Phi) is 4.87. The number of fused-ring (bicyclic) bond motifs is 1. The number of pyridine rings is 1. The number of hydrogen-bond acceptors (Lipinski definition) is 5. The van der Waals surface area contributed by atoms with E-state index >= 15 is 0 Å². The third-order valence-corrected chi connectivity index (χ3v) is 3.85. The van der Waals surface area contributed by atoms with E-state index in [4.69, 9.17) is 9.72 Å². The fourth-order valence-electron chi connectivity index (χ4n) is 2.74. The monoisotopic (exact) mass is 301 g/mol. The summed E-state index contributed by atoms with van der Waals surface area (Å²) in [6.45, 7) is 6.30. The predicted octanol–water partition coefficient (Wildman–Crippen LogP) is 1.54. The van der Waals surface area contributed by atoms with Gasteiger partial charge in [0, 0.05) is 37.1 Å². The molecule has 1 aromatic heterocycles. The maximum absolute atomic E-state index is 9.42. The van der Waals surface area contributed by atoms with Gasteiger partial charge in [-0.1, -0.05) is 18.2 Å². The Labute approximate surface area is 130 Å². The molecule has 2 aromatic rings. The van der Waals surface area contributed by atoms with Crippen LogP contribution < -0.4 is 10.2 Å².